The Morgan fingerprint density at radius 3 is 2.03 bits per heavy atom. The quantitative estimate of drug-likeness (QED) is 0.134. The van der Waals surface area contributed by atoms with E-state index in [9.17, 15) is 8.78 Å². The molecule has 0 bridgehead atoms. The average molecular weight is 441 g/mol. The first-order valence-corrected chi connectivity index (χ1v) is 11.4. The van der Waals surface area contributed by atoms with Crippen LogP contribution >= 0.6 is 0 Å². The summed E-state index contributed by atoms with van der Waals surface area (Å²) in [7, 11) is 1.31. The number of ether oxygens (including phenoxy) is 3. The molecule has 0 aliphatic carbocycles. The number of hydrogen-bond acceptors (Lipinski definition) is 3. The summed E-state index contributed by atoms with van der Waals surface area (Å²) >= 11 is 0. The minimum absolute atomic E-state index is 0.0805. The van der Waals surface area contributed by atoms with E-state index in [0.29, 0.717) is 6.61 Å². The molecule has 0 amide bonds. The van der Waals surface area contributed by atoms with Crippen molar-refractivity contribution in [1.82, 2.24) is 0 Å². The lowest BCUT2D eigenvalue weighted by Crippen LogP contribution is -2.18. The van der Waals surface area contributed by atoms with E-state index in [-0.39, 0.29) is 23.9 Å². The molecule has 5 heteroatoms. The van der Waals surface area contributed by atoms with Gasteiger partial charge >= 0.3 is 0 Å². The molecule has 31 heavy (non-hydrogen) atoms. The molecule has 0 saturated carbocycles. The Bertz CT molecular complexity index is 666. The largest absolute Gasteiger partial charge is 0.498 e. The van der Waals surface area contributed by atoms with Crippen molar-refractivity contribution in [2.45, 2.75) is 87.0 Å². The lowest BCUT2D eigenvalue weighted by Gasteiger charge is -2.19. The molecule has 0 aliphatic rings. The van der Waals surface area contributed by atoms with Crippen LogP contribution in [0.3, 0.4) is 0 Å². The third-order valence-electron chi connectivity index (χ3n) is 5.05. The molecular weight excluding hydrogens is 398 g/mol. The fraction of sp³-hybridized carbons (Fsp3) is 0.615. The van der Waals surface area contributed by atoms with Gasteiger partial charge < -0.3 is 14.2 Å². The van der Waals surface area contributed by atoms with Crippen LogP contribution in [0.4, 0.5) is 8.78 Å². The highest BCUT2D eigenvalue weighted by atomic mass is 19.2. The lowest BCUT2D eigenvalue weighted by molar-refractivity contribution is -0.142. The summed E-state index contributed by atoms with van der Waals surface area (Å²) < 4.78 is 44.2. The Kier molecular flexibility index (Phi) is 16.0. The third-order valence-corrected chi connectivity index (χ3v) is 5.05. The topological polar surface area (TPSA) is 27.7 Å². The zero-order valence-corrected chi connectivity index (χ0v) is 20.7. The van der Waals surface area contributed by atoms with E-state index in [1.165, 1.54) is 38.9 Å². The molecule has 0 fully saturated rings. The van der Waals surface area contributed by atoms with Crippen LogP contribution in [0.15, 0.2) is 47.3 Å². The molecular formula is C26H42F2O3. The SMILES string of the molecule is CC.CCCCCc1ccc(COC(C)OCC(C)/C(C)=C(F)/C(F)=C(\C)OC)cc1. The highest BCUT2D eigenvalue weighted by Gasteiger charge is 2.17. The molecule has 2 atom stereocenters. The summed E-state index contributed by atoms with van der Waals surface area (Å²) in [6.07, 6.45) is 4.36. The van der Waals surface area contributed by atoms with Crippen LogP contribution in [0.2, 0.25) is 0 Å². The number of hydrogen-bond donors (Lipinski definition) is 0. The van der Waals surface area contributed by atoms with Crippen molar-refractivity contribution in [3.05, 3.63) is 58.4 Å². The van der Waals surface area contributed by atoms with Crippen molar-refractivity contribution in [2.24, 2.45) is 5.92 Å². The second kappa shape index (κ2) is 16.9. The Balaban J connectivity index is 0.00000436. The molecule has 0 N–H and O–H groups in total. The van der Waals surface area contributed by atoms with Gasteiger partial charge in [0.1, 0.15) is 5.76 Å². The van der Waals surface area contributed by atoms with Gasteiger partial charge in [-0.2, -0.15) is 0 Å². The number of benzene rings is 1. The lowest BCUT2D eigenvalue weighted by atomic mass is 10.0. The smallest absolute Gasteiger partial charge is 0.195 e. The van der Waals surface area contributed by atoms with Crippen molar-refractivity contribution in [2.75, 3.05) is 13.7 Å². The van der Waals surface area contributed by atoms with Crippen LogP contribution in [-0.2, 0) is 27.2 Å². The van der Waals surface area contributed by atoms with Gasteiger partial charge in [-0.25, -0.2) is 8.78 Å². The van der Waals surface area contributed by atoms with Crippen molar-refractivity contribution in [3.8, 4) is 0 Å². The molecule has 1 rings (SSSR count). The van der Waals surface area contributed by atoms with Crippen LogP contribution in [0, 0.1) is 5.92 Å². The summed E-state index contributed by atoms with van der Waals surface area (Å²) in [6.45, 7) is 13.4. The maximum Gasteiger partial charge on any atom is 0.195 e. The number of aryl methyl sites for hydroxylation is 1. The van der Waals surface area contributed by atoms with E-state index in [2.05, 4.69) is 31.2 Å². The van der Waals surface area contributed by atoms with Gasteiger partial charge in [0, 0.05) is 5.92 Å². The molecule has 1 aromatic carbocycles. The normalized spacial score (nSPS) is 14.6. The van der Waals surface area contributed by atoms with E-state index in [0.717, 1.165) is 12.0 Å². The summed E-state index contributed by atoms with van der Waals surface area (Å²) in [6, 6.07) is 8.43. The molecule has 0 saturated heterocycles. The molecule has 0 heterocycles. The minimum atomic E-state index is -0.973. The summed E-state index contributed by atoms with van der Waals surface area (Å²) in [5, 5.41) is 0. The van der Waals surface area contributed by atoms with E-state index in [1.54, 1.807) is 20.8 Å². The number of unbranched alkanes of at least 4 members (excludes halogenated alkanes) is 2. The van der Waals surface area contributed by atoms with Gasteiger partial charge in [-0.1, -0.05) is 64.8 Å². The molecule has 178 valence electrons. The molecule has 0 aromatic heterocycles. The fourth-order valence-corrected chi connectivity index (χ4v) is 2.68. The Morgan fingerprint density at radius 1 is 0.903 bits per heavy atom. The van der Waals surface area contributed by atoms with Gasteiger partial charge in [-0.05, 0) is 50.3 Å². The van der Waals surface area contributed by atoms with Crippen LogP contribution in [-0.4, -0.2) is 20.0 Å². The maximum absolute atomic E-state index is 14.2. The standard InChI is InChI=1S/C24H36F2O3.C2H6/c1-7-8-9-10-21-11-13-22(14-12-21)16-29-20(5)28-15-17(2)18(3)23(25)24(26)19(4)27-6;1-2/h11-14,17,20H,7-10,15-16H2,1-6H3;1-2H3/b23-18-,24-19-;. The Morgan fingerprint density at radius 2 is 1.48 bits per heavy atom. The summed E-state index contributed by atoms with van der Waals surface area (Å²) in [5.41, 5.74) is 2.71. The Labute approximate surface area is 188 Å². The van der Waals surface area contributed by atoms with E-state index >= 15 is 0 Å². The monoisotopic (exact) mass is 440 g/mol. The number of allylic oxidation sites excluding steroid dienone is 3. The van der Waals surface area contributed by atoms with Gasteiger partial charge in [-0.15, -0.1) is 0 Å². The first kappa shape index (κ1) is 29.3. The second-order valence-electron chi connectivity index (χ2n) is 7.46. The molecule has 3 nitrogen and oxygen atoms in total. The molecule has 0 spiro atoms. The number of halogens is 2. The highest BCUT2D eigenvalue weighted by Crippen LogP contribution is 2.26. The zero-order valence-electron chi connectivity index (χ0n) is 20.7. The van der Waals surface area contributed by atoms with Crippen LogP contribution in [0.1, 0.15) is 78.9 Å². The predicted octanol–water partition coefficient (Wildman–Crippen LogP) is 8.05. The van der Waals surface area contributed by atoms with E-state index in [1.807, 2.05) is 13.8 Å². The van der Waals surface area contributed by atoms with Crippen molar-refractivity contribution in [1.29, 1.82) is 0 Å². The van der Waals surface area contributed by atoms with Gasteiger partial charge in [0.05, 0.1) is 20.3 Å². The molecule has 2 unspecified atom stereocenters. The highest BCUT2D eigenvalue weighted by molar-refractivity contribution is 5.27. The average Bonchev–Trinajstić information content (AvgIpc) is 2.81. The van der Waals surface area contributed by atoms with Crippen LogP contribution in [0.5, 0.6) is 0 Å². The van der Waals surface area contributed by atoms with Gasteiger partial charge in [-0.3, -0.25) is 0 Å². The van der Waals surface area contributed by atoms with Crippen molar-refractivity contribution >= 4 is 0 Å². The summed E-state index contributed by atoms with van der Waals surface area (Å²) in [4.78, 5) is 0. The van der Waals surface area contributed by atoms with E-state index < -0.39 is 17.9 Å². The van der Waals surface area contributed by atoms with Gasteiger partial charge in [0.15, 0.2) is 17.9 Å². The molecule has 0 aliphatic heterocycles. The van der Waals surface area contributed by atoms with Crippen molar-refractivity contribution in [3.63, 3.8) is 0 Å². The predicted molar refractivity (Wildman–Crippen MR) is 125 cm³/mol. The number of methoxy groups -OCH3 is 1. The fourth-order valence-electron chi connectivity index (χ4n) is 2.68. The van der Waals surface area contributed by atoms with E-state index in [4.69, 9.17) is 14.2 Å². The molecule has 1 aromatic rings. The van der Waals surface area contributed by atoms with Crippen molar-refractivity contribution < 1.29 is 23.0 Å². The zero-order chi connectivity index (χ0) is 23.8. The van der Waals surface area contributed by atoms with Crippen LogP contribution < -0.4 is 0 Å². The summed E-state index contributed by atoms with van der Waals surface area (Å²) in [5.74, 6) is -2.24. The first-order valence-electron chi connectivity index (χ1n) is 11.4. The Hall–Kier alpha value is -1.72. The van der Waals surface area contributed by atoms with Gasteiger partial charge in [0.25, 0.3) is 0 Å². The number of rotatable bonds is 13. The van der Waals surface area contributed by atoms with Gasteiger partial charge in [0.2, 0.25) is 0 Å². The van der Waals surface area contributed by atoms with Crippen LogP contribution in [0.25, 0.3) is 0 Å². The maximum atomic E-state index is 14.2. The molecule has 0 radical (unpaired) electrons. The second-order valence-corrected chi connectivity index (χ2v) is 7.46. The minimum Gasteiger partial charge on any atom is -0.498 e. The first-order chi connectivity index (χ1) is 14.8. The third kappa shape index (κ3) is 11.5.